The quantitative estimate of drug-likeness (QED) is 0.819. The Morgan fingerprint density at radius 2 is 1.90 bits per heavy atom. The molecule has 1 aromatic rings. The third-order valence-electron chi connectivity index (χ3n) is 2.52. The average molecular weight is 312 g/mol. The summed E-state index contributed by atoms with van der Waals surface area (Å²) in [5, 5.41) is 2.87. The van der Waals surface area contributed by atoms with Gasteiger partial charge in [0, 0.05) is 18.5 Å². The van der Waals surface area contributed by atoms with Crippen molar-refractivity contribution in [3.63, 3.8) is 0 Å². The van der Waals surface area contributed by atoms with E-state index >= 15 is 0 Å². The Kier molecular flexibility index (Phi) is 6.37. The van der Waals surface area contributed by atoms with Gasteiger partial charge in [-0.3, -0.25) is 4.79 Å². The van der Waals surface area contributed by atoms with Crippen LogP contribution in [0.5, 0.6) is 0 Å². The summed E-state index contributed by atoms with van der Waals surface area (Å²) in [7, 11) is 0. The van der Waals surface area contributed by atoms with E-state index < -0.39 is 5.97 Å². The molecule has 0 atom stereocenters. The van der Waals surface area contributed by atoms with E-state index in [2.05, 4.69) is 5.32 Å². The van der Waals surface area contributed by atoms with Crippen molar-refractivity contribution in [2.24, 2.45) is 0 Å². The molecule has 0 aliphatic rings. The van der Waals surface area contributed by atoms with Crippen molar-refractivity contribution in [3.05, 3.63) is 28.8 Å². The van der Waals surface area contributed by atoms with Gasteiger partial charge in [-0.1, -0.05) is 11.6 Å². The van der Waals surface area contributed by atoms with Crippen LogP contribution in [0.2, 0.25) is 5.02 Å². The van der Waals surface area contributed by atoms with Crippen LogP contribution in [-0.4, -0.2) is 23.8 Å². The smallest absolute Gasteiger partial charge is 0.339 e. The normalized spacial score (nSPS) is 10.3. The number of benzene rings is 1. The van der Waals surface area contributed by atoms with Crippen molar-refractivity contribution in [1.82, 2.24) is 0 Å². The third-order valence-corrected chi connectivity index (χ3v) is 2.85. The summed E-state index contributed by atoms with van der Waals surface area (Å²) in [6.07, 6.45) is 0.0215. The highest BCUT2D eigenvalue weighted by molar-refractivity contribution is 6.33. The second kappa shape index (κ2) is 7.78. The van der Waals surface area contributed by atoms with Crippen LogP contribution in [0.15, 0.2) is 18.2 Å². The zero-order chi connectivity index (χ0) is 16.0. The van der Waals surface area contributed by atoms with E-state index in [9.17, 15) is 14.4 Å². The molecule has 1 aromatic carbocycles. The molecule has 0 aliphatic heterocycles. The number of nitrogens with one attached hydrogen (secondary N) is 1. The largest absolute Gasteiger partial charge is 0.459 e. The van der Waals surface area contributed by atoms with Crippen LogP contribution >= 0.6 is 11.6 Å². The second-order valence-corrected chi connectivity index (χ2v) is 5.31. The van der Waals surface area contributed by atoms with Crippen LogP contribution in [0.4, 0.5) is 5.69 Å². The van der Waals surface area contributed by atoms with Gasteiger partial charge >= 0.3 is 5.97 Å². The summed E-state index contributed by atoms with van der Waals surface area (Å²) >= 11 is 5.96. The number of Topliss-reactive ketones (excluding diaryl/α,β-unsaturated/α-hetero) is 1. The Labute approximate surface area is 128 Å². The highest BCUT2D eigenvalue weighted by Crippen LogP contribution is 2.22. The molecule has 0 fully saturated rings. The van der Waals surface area contributed by atoms with E-state index in [-0.39, 0.29) is 41.2 Å². The number of esters is 1. The minimum atomic E-state index is -0.546. The minimum absolute atomic E-state index is 0.0533. The molecule has 0 aliphatic carbocycles. The molecule has 0 radical (unpaired) electrons. The van der Waals surface area contributed by atoms with Gasteiger partial charge in [0.1, 0.15) is 5.78 Å². The van der Waals surface area contributed by atoms with Gasteiger partial charge in [0.15, 0.2) is 0 Å². The first-order valence-corrected chi connectivity index (χ1v) is 6.97. The Morgan fingerprint density at radius 1 is 1.24 bits per heavy atom. The summed E-state index contributed by atoms with van der Waals surface area (Å²) in [5.74, 6) is -0.895. The maximum Gasteiger partial charge on any atom is 0.339 e. The molecule has 0 spiro atoms. The minimum Gasteiger partial charge on any atom is -0.459 e. The standard InChI is InChI=1S/C15H18ClNO4/c1-9(2)21-15(20)12-8-11(5-6-13(12)16)17-14(19)7-4-10(3)18/h5-6,8-9H,4,7H2,1-3H3,(H,17,19). The predicted molar refractivity (Wildman–Crippen MR) is 80.5 cm³/mol. The fourth-order valence-electron chi connectivity index (χ4n) is 1.55. The number of amides is 1. The molecule has 0 aromatic heterocycles. The molecule has 0 heterocycles. The molecule has 0 unspecified atom stereocenters. The number of anilines is 1. The van der Waals surface area contributed by atoms with Crippen molar-refractivity contribution in [2.45, 2.75) is 39.7 Å². The van der Waals surface area contributed by atoms with Gasteiger partial charge < -0.3 is 14.8 Å². The number of carbonyl (C=O) groups is 3. The summed E-state index contributed by atoms with van der Waals surface area (Å²) in [4.78, 5) is 34.3. The molecule has 1 rings (SSSR count). The van der Waals surface area contributed by atoms with Gasteiger partial charge in [-0.15, -0.1) is 0 Å². The highest BCUT2D eigenvalue weighted by atomic mass is 35.5. The first-order chi connectivity index (χ1) is 9.79. The van der Waals surface area contributed by atoms with Crippen LogP contribution < -0.4 is 5.32 Å². The Hall–Kier alpha value is -1.88. The SMILES string of the molecule is CC(=O)CCC(=O)Nc1ccc(Cl)c(C(=O)OC(C)C)c1. The molecule has 0 saturated carbocycles. The molecule has 0 bridgehead atoms. The zero-order valence-corrected chi connectivity index (χ0v) is 13.0. The third kappa shape index (κ3) is 5.95. The van der Waals surface area contributed by atoms with E-state index in [1.54, 1.807) is 19.9 Å². The van der Waals surface area contributed by atoms with Gasteiger partial charge in [-0.05, 0) is 39.0 Å². The van der Waals surface area contributed by atoms with E-state index in [0.717, 1.165) is 0 Å². The lowest BCUT2D eigenvalue weighted by Crippen LogP contribution is -2.15. The summed E-state index contributed by atoms with van der Waals surface area (Å²) in [5.41, 5.74) is 0.624. The Balaban J connectivity index is 2.79. The van der Waals surface area contributed by atoms with Crippen molar-refractivity contribution in [1.29, 1.82) is 0 Å². The van der Waals surface area contributed by atoms with Gasteiger partial charge in [0.2, 0.25) is 5.91 Å². The highest BCUT2D eigenvalue weighted by Gasteiger charge is 2.15. The van der Waals surface area contributed by atoms with E-state index in [0.29, 0.717) is 5.69 Å². The van der Waals surface area contributed by atoms with Gasteiger partial charge in [0.05, 0.1) is 16.7 Å². The first kappa shape index (κ1) is 17.2. The van der Waals surface area contributed by atoms with Crippen LogP contribution in [0.25, 0.3) is 0 Å². The van der Waals surface area contributed by atoms with Crippen molar-refractivity contribution < 1.29 is 19.1 Å². The fourth-order valence-corrected chi connectivity index (χ4v) is 1.74. The van der Waals surface area contributed by atoms with E-state index in [1.165, 1.54) is 19.1 Å². The number of ketones is 1. The maximum absolute atomic E-state index is 11.9. The van der Waals surface area contributed by atoms with Gasteiger partial charge in [0.25, 0.3) is 0 Å². The van der Waals surface area contributed by atoms with E-state index in [4.69, 9.17) is 16.3 Å². The molecule has 0 saturated heterocycles. The molecular weight excluding hydrogens is 294 g/mol. The van der Waals surface area contributed by atoms with Gasteiger partial charge in [-0.2, -0.15) is 0 Å². The lowest BCUT2D eigenvalue weighted by molar-refractivity contribution is -0.121. The van der Waals surface area contributed by atoms with Crippen LogP contribution in [0.3, 0.4) is 0 Å². The number of hydrogen-bond donors (Lipinski definition) is 1. The topological polar surface area (TPSA) is 72.5 Å². The fraction of sp³-hybridized carbons (Fsp3) is 0.400. The maximum atomic E-state index is 11.9. The average Bonchev–Trinajstić information content (AvgIpc) is 2.37. The number of rotatable bonds is 6. The summed E-state index contributed by atoms with van der Waals surface area (Å²) in [6, 6.07) is 4.55. The second-order valence-electron chi connectivity index (χ2n) is 4.90. The summed E-state index contributed by atoms with van der Waals surface area (Å²) in [6.45, 7) is 4.90. The van der Waals surface area contributed by atoms with Crippen molar-refractivity contribution >= 4 is 34.9 Å². The van der Waals surface area contributed by atoms with Crippen molar-refractivity contribution in [3.8, 4) is 0 Å². The molecule has 21 heavy (non-hydrogen) atoms. The number of hydrogen-bond acceptors (Lipinski definition) is 4. The number of ether oxygens (including phenoxy) is 1. The molecule has 5 nitrogen and oxygen atoms in total. The predicted octanol–water partition coefficient (Wildman–Crippen LogP) is 3.21. The monoisotopic (exact) mass is 311 g/mol. The number of carbonyl (C=O) groups excluding carboxylic acids is 3. The van der Waals surface area contributed by atoms with Crippen LogP contribution in [0, 0.1) is 0 Å². The lowest BCUT2D eigenvalue weighted by atomic mass is 10.2. The lowest BCUT2D eigenvalue weighted by Gasteiger charge is -2.11. The van der Waals surface area contributed by atoms with Crippen molar-refractivity contribution in [2.75, 3.05) is 5.32 Å². The van der Waals surface area contributed by atoms with Crippen LogP contribution in [-0.2, 0) is 14.3 Å². The molecular formula is C15H18ClNO4. The van der Waals surface area contributed by atoms with Crippen LogP contribution in [0.1, 0.15) is 44.0 Å². The van der Waals surface area contributed by atoms with E-state index in [1.807, 2.05) is 0 Å². The molecule has 1 N–H and O–H groups in total. The molecule has 1 amide bonds. The van der Waals surface area contributed by atoms with Gasteiger partial charge in [-0.25, -0.2) is 4.79 Å². The Bertz CT molecular complexity index is 555. The molecule has 6 heteroatoms. The number of halogens is 1. The first-order valence-electron chi connectivity index (χ1n) is 6.59. The Morgan fingerprint density at radius 3 is 2.48 bits per heavy atom. The molecule has 114 valence electrons. The summed E-state index contributed by atoms with van der Waals surface area (Å²) < 4.78 is 5.08. The zero-order valence-electron chi connectivity index (χ0n) is 12.2.